The third-order valence-corrected chi connectivity index (χ3v) is 10.3. The number of para-hydroxylation sites is 1. The van der Waals surface area contributed by atoms with Gasteiger partial charge in [-0.1, -0.05) is 35.1 Å². The van der Waals surface area contributed by atoms with Crippen LogP contribution in [0.5, 0.6) is 0 Å². The number of anilines is 3. The molecule has 44 heavy (non-hydrogen) atoms. The van der Waals surface area contributed by atoms with Crippen molar-refractivity contribution in [3.05, 3.63) is 53.5 Å². The van der Waals surface area contributed by atoms with Crippen molar-refractivity contribution in [1.82, 2.24) is 15.2 Å². The maximum absolute atomic E-state index is 13.2. The molecule has 0 radical (unpaired) electrons. The van der Waals surface area contributed by atoms with Gasteiger partial charge in [0.1, 0.15) is 22.8 Å². The van der Waals surface area contributed by atoms with Crippen LogP contribution in [0, 0.1) is 5.41 Å². The number of nitrogen functional groups attached to an aromatic ring is 3. The average Bonchev–Trinajstić information content (AvgIpc) is 3.42. The molecule has 5 rings (SSSR count). The summed E-state index contributed by atoms with van der Waals surface area (Å²) in [6.45, 7) is -0.943. The van der Waals surface area contributed by atoms with E-state index in [-0.39, 0.29) is 34.6 Å². The van der Waals surface area contributed by atoms with E-state index in [9.17, 15) is 24.3 Å². The topological polar surface area (TPSA) is 243 Å². The molecule has 2 aliphatic rings. The first kappa shape index (κ1) is 30.9. The van der Waals surface area contributed by atoms with E-state index in [2.05, 4.69) is 15.5 Å². The molecule has 18 heteroatoms. The highest BCUT2D eigenvalue weighted by Crippen LogP contribution is 2.44. The van der Waals surface area contributed by atoms with Gasteiger partial charge in [-0.2, -0.15) is 4.57 Å². The normalized spacial score (nSPS) is 21.2. The molecule has 2 aromatic heterocycles. The molecule has 2 saturated heterocycles. The van der Waals surface area contributed by atoms with Crippen LogP contribution in [0.2, 0.25) is 0 Å². The molecular weight excluding hydrogens is 633 g/mol. The quantitative estimate of drug-likeness (QED) is 0.0541. The minimum atomic E-state index is -1.42. The van der Waals surface area contributed by atoms with Gasteiger partial charge in [0.15, 0.2) is 15.9 Å². The third kappa shape index (κ3) is 6.22. The summed E-state index contributed by atoms with van der Waals surface area (Å²) in [6, 6.07) is 11.6. The lowest BCUT2D eigenvalue weighted by Crippen LogP contribution is -2.75. The number of pyridine rings is 1. The van der Waals surface area contributed by atoms with Gasteiger partial charge in [-0.15, -0.1) is 23.1 Å². The van der Waals surface area contributed by atoms with Crippen LogP contribution in [0.4, 0.5) is 16.6 Å². The second kappa shape index (κ2) is 12.6. The number of nitrogens with two attached hydrogens (primary N) is 3. The van der Waals surface area contributed by atoms with Crippen molar-refractivity contribution in [3.8, 4) is 5.69 Å². The van der Waals surface area contributed by atoms with Crippen molar-refractivity contribution in [2.45, 2.75) is 16.4 Å². The summed E-state index contributed by atoms with van der Waals surface area (Å²) in [6.07, 6.45) is 0. The zero-order chi connectivity index (χ0) is 31.6. The van der Waals surface area contributed by atoms with Crippen molar-refractivity contribution in [2.24, 2.45) is 10.6 Å². The number of carboxylic acid groups (broad SMARTS) is 2. The van der Waals surface area contributed by atoms with Crippen molar-refractivity contribution < 1.29 is 38.8 Å². The summed E-state index contributed by atoms with van der Waals surface area (Å²) < 4.78 is 1.76. The summed E-state index contributed by atoms with van der Waals surface area (Å²) in [4.78, 5) is 59.7. The first-order valence-corrected chi connectivity index (χ1v) is 15.8. The number of carboxylic acids is 2. The number of fused-ring (bicyclic) bond motifs is 1. The van der Waals surface area contributed by atoms with Gasteiger partial charge in [0, 0.05) is 40.6 Å². The number of thiazole rings is 1. The van der Waals surface area contributed by atoms with Crippen LogP contribution in [0.1, 0.15) is 5.69 Å². The number of carbonyl (C=O) groups is 4. The van der Waals surface area contributed by atoms with E-state index in [0.29, 0.717) is 16.5 Å². The predicted molar refractivity (Wildman–Crippen MR) is 162 cm³/mol. The number of hydrogen-bond acceptors (Lipinski definition) is 14. The molecule has 0 bridgehead atoms. The number of aromatic nitrogens is 2. The van der Waals surface area contributed by atoms with Crippen LogP contribution >= 0.6 is 34.9 Å². The number of benzene rings is 1. The molecule has 0 spiro atoms. The maximum Gasteiger partial charge on any atom is 0.344 e. The monoisotopic (exact) mass is 658 g/mol. The van der Waals surface area contributed by atoms with Gasteiger partial charge in [0.25, 0.3) is 11.7 Å². The molecule has 1 aromatic carbocycles. The highest BCUT2D eigenvalue weighted by molar-refractivity contribution is 8.00. The van der Waals surface area contributed by atoms with E-state index in [0.717, 1.165) is 17.0 Å². The zero-order valence-electron chi connectivity index (χ0n) is 22.7. The minimum absolute atomic E-state index is 0.0400. The molecular formula is C26H26N8O7S3. The molecule has 0 aliphatic carbocycles. The number of nitrogens with zero attached hydrogens (tertiary/aromatic N) is 4. The van der Waals surface area contributed by atoms with Gasteiger partial charge in [-0.3, -0.25) is 15.3 Å². The Bertz CT molecular complexity index is 1650. The number of aliphatic carboxylic acids is 2. The molecule has 8 N–H and O–H groups in total. The molecule has 230 valence electrons. The smallest absolute Gasteiger partial charge is 0.344 e. The largest absolute Gasteiger partial charge is 0.549 e. The zero-order valence-corrected chi connectivity index (χ0v) is 25.2. The number of nitrogens with one attached hydrogen (secondary N) is 1. The number of hydrogen-bond donors (Lipinski definition) is 5. The Balaban J connectivity index is 1.30. The van der Waals surface area contributed by atoms with Crippen molar-refractivity contribution in [2.75, 3.05) is 41.9 Å². The SMILES string of the molecule is Nc1cc(N)[n+](-c2ccccc2)c(SCC2(C(=O)[O-])CS[C@@H]3C(NC(=O)C(=NOCC(=O)O)c4csc(N)n4)C(=O)N3C2)c1. The standard InChI is InChI=1S/C26H26N8O7S3/c27-13-6-16(28)34(14-4-2-1-3-5-14)17(7-13)43-11-26(24(39)40)10-33-22(38)20(23(33)44-12-26)31-21(37)19(32-41-8-18(35)36)15-9-42-25(29)30-15/h1-7,9,20,23H,8,10-12H2,(H8,27,28,29,30,31,35,36,37,39,40)/t20?,23-,26?/m1/s1. The number of rotatable bonds is 11. The maximum atomic E-state index is 13.2. The van der Waals surface area contributed by atoms with E-state index in [4.69, 9.17) is 27.1 Å². The fraction of sp³-hybridized carbons (Fsp3) is 0.269. The van der Waals surface area contributed by atoms with Gasteiger partial charge in [0.05, 0.1) is 12.0 Å². The average molecular weight is 659 g/mol. The summed E-state index contributed by atoms with van der Waals surface area (Å²) in [7, 11) is 0. The first-order chi connectivity index (χ1) is 21.0. The van der Waals surface area contributed by atoms with Crippen LogP contribution in [-0.2, 0) is 24.0 Å². The fourth-order valence-electron chi connectivity index (χ4n) is 4.64. The first-order valence-electron chi connectivity index (χ1n) is 12.9. The number of amides is 2. The molecule has 2 amide bonds. The van der Waals surface area contributed by atoms with Crippen LogP contribution in [0.3, 0.4) is 0 Å². The predicted octanol–water partition coefficient (Wildman–Crippen LogP) is -1.10. The lowest BCUT2D eigenvalue weighted by Gasteiger charge is -2.55. The van der Waals surface area contributed by atoms with Crippen LogP contribution in [0.15, 0.2) is 58.0 Å². The number of carbonyl (C=O) groups excluding carboxylic acids is 3. The Kier molecular flexibility index (Phi) is 8.84. The molecule has 2 unspecified atom stereocenters. The minimum Gasteiger partial charge on any atom is -0.549 e. The Morgan fingerprint density at radius 2 is 2.00 bits per heavy atom. The van der Waals surface area contributed by atoms with E-state index >= 15 is 0 Å². The molecule has 0 saturated carbocycles. The van der Waals surface area contributed by atoms with Gasteiger partial charge >= 0.3 is 5.97 Å². The van der Waals surface area contributed by atoms with E-state index in [1.54, 1.807) is 16.7 Å². The summed E-state index contributed by atoms with van der Waals surface area (Å²) in [5.41, 5.74) is 17.4. The molecule has 2 aliphatic heterocycles. The summed E-state index contributed by atoms with van der Waals surface area (Å²) in [5, 5.41) is 29.2. The highest BCUT2D eigenvalue weighted by Gasteiger charge is 2.56. The molecule has 3 atom stereocenters. The van der Waals surface area contributed by atoms with Crippen molar-refractivity contribution in [3.63, 3.8) is 0 Å². The van der Waals surface area contributed by atoms with Gasteiger partial charge in [-0.25, -0.2) is 9.78 Å². The van der Waals surface area contributed by atoms with E-state index in [1.165, 1.54) is 33.8 Å². The number of β-lactam (4-membered cyclic amide) rings is 1. The van der Waals surface area contributed by atoms with Crippen molar-refractivity contribution >= 4 is 81.0 Å². The molecule has 15 nitrogen and oxygen atoms in total. The number of oxime groups is 1. The molecule has 4 heterocycles. The van der Waals surface area contributed by atoms with Crippen LogP contribution in [-0.4, -0.2) is 80.5 Å². The van der Waals surface area contributed by atoms with E-state index in [1.807, 2.05) is 30.3 Å². The summed E-state index contributed by atoms with van der Waals surface area (Å²) >= 11 is 3.46. The highest BCUT2D eigenvalue weighted by atomic mass is 32.2. The van der Waals surface area contributed by atoms with Gasteiger partial charge in [-0.05, 0) is 12.1 Å². The lowest BCUT2D eigenvalue weighted by atomic mass is 9.89. The van der Waals surface area contributed by atoms with Gasteiger partial charge < -0.3 is 41.5 Å². The Morgan fingerprint density at radius 1 is 1.25 bits per heavy atom. The molecule has 2 fully saturated rings. The second-order valence-electron chi connectivity index (χ2n) is 9.88. The molecule has 3 aromatic rings. The second-order valence-corrected chi connectivity index (χ2v) is 12.9. The van der Waals surface area contributed by atoms with Crippen LogP contribution < -0.4 is 32.2 Å². The van der Waals surface area contributed by atoms with Gasteiger partial charge in [0.2, 0.25) is 12.5 Å². The lowest BCUT2D eigenvalue weighted by molar-refractivity contribution is -0.620. The van der Waals surface area contributed by atoms with Crippen LogP contribution in [0.25, 0.3) is 5.69 Å². The Labute approximate surface area is 262 Å². The van der Waals surface area contributed by atoms with E-state index < -0.39 is 47.2 Å². The fourth-order valence-corrected chi connectivity index (χ4v) is 8.15. The Morgan fingerprint density at radius 3 is 2.66 bits per heavy atom. The number of thioether (sulfide) groups is 2. The third-order valence-electron chi connectivity index (χ3n) is 6.78. The summed E-state index contributed by atoms with van der Waals surface area (Å²) in [5.74, 6) is -3.44. The van der Waals surface area contributed by atoms with Crippen molar-refractivity contribution in [1.29, 1.82) is 0 Å². The Hall–Kier alpha value is -4.55.